The molecule has 0 bridgehead atoms. The van der Waals surface area contributed by atoms with Crippen molar-refractivity contribution in [1.82, 2.24) is 19.9 Å². The molecule has 2 aromatic heterocycles. The second-order valence-electron chi connectivity index (χ2n) is 4.00. The van der Waals surface area contributed by atoms with Gasteiger partial charge in [0, 0.05) is 19.2 Å². The van der Waals surface area contributed by atoms with E-state index in [4.69, 9.17) is 18.0 Å². The van der Waals surface area contributed by atoms with Crippen molar-refractivity contribution in [3.05, 3.63) is 18.6 Å². The van der Waals surface area contributed by atoms with Crippen LogP contribution in [0.3, 0.4) is 0 Å². The largest absolute Gasteiger partial charge is 0.333 e. The summed E-state index contributed by atoms with van der Waals surface area (Å²) in [7, 11) is 0. The molecule has 0 radical (unpaired) electrons. The summed E-state index contributed by atoms with van der Waals surface area (Å²) in [5.41, 5.74) is 7.21. The zero-order valence-electron chi connectivity index (χ0n) is 10.4. The molecule has 4 N–H and O–H groups in total. The molecule has 0 amide bonds. The smallest absolute Gasteiger partial charge is 0.174 e. The fourth-order valence-electron chi connectivity index (χ4n) is 1.68. The quantitative estimate of drug-likeness (QED) is 0.573. The Bertz CT molecular complexity index is 582. The van der Waals surface area contributed by atoms with Crippen molar-refractivity contribution in [3.63, 3.8) is 0 Å². The summed E-state index contributed by atoms with van der Waals surface area (Å²) in [6, 6.07) is 1.80. The number of imidazole rings is 1. The molecular weight excluding hydrogens is 267 g/mol. The minimum absolute atomic E-state index is 0.187. The predicted octanol–water partition coefficient (Wildman–Crippen LogP) is 0.992. The van der Waals surface area contributed by atoms with Crippen molar-refractivity contribution in [3.8, 4) is 0 Å². The van der Waals surface area contributed by atoms with Gasteiger partial charge in [0.2, 0.25) is 0 Å². The number of alkyl halides is 1. The number of nitrogens with two attached hydrogens (primary N) is 1. The lowest BCUT2D eigenvalue weighted by Crippen LogP contribution is -2.33. The molecule has 0 aliphatic rings. The normalized spacial score (nSPS) is 12.4. The lowest BCUT2D eigenvalue weighted by Gasteiger charge is -2.10. The van der Waals surface area contributed by atoms with E-state index >= 15 is 0 Å². The number of aromatic nitrogens is 3. The molecule has 0 saturated heterocycles. The van der Waals surface area contributed by atoms with Crippen molar-refractivity contribution in [2.75, 3.05) is 11.9 Å². The summed E-state index contributed by atoms with van der Waals surface area (Å²) in [4.78, 5) is 8.37. The minimum atomic E-state index is -1.22. The molecule has 2 rings (SSSR count). The van der Waals surface area contributed by atoms with Gasteiger partial charge in [-0.15, -0.1) is 0 Å². The van der Waals surface area contributed by atoms with Gasteiger partial charge in [-0.25, -0.2) is 14.4 Å². The van der Waals surface area contributed by atoms with Crippen molar-refractivity contribution >= 4 is 34.2 Å². The van der Waals surface area contributed by atoms with E-state index in [1.54, 1.807) is 18.6 Å². The molecule has 0 aliphatic carbocycles. The van der Waals surface area contributed by atoms with Crippen LogP contribution in [0.15, 0.2) is 18.6 Å². The molecule has 1 unspecified atom stereocenters. The van der Waals surface area contributed by atoms with Gasteiger partial charge in [-0.2, -0.15) is 0 Å². The van der Waals surface area contributed by atoms with Gasteiger partial charge >= 0.3 is 0 Å². The van der Waals surface area contributed by atoms with Gasteiger partial charge in [0.15, 0.2) is 11.4 Å². The number of hydrogen-bond acceptors (Lipinski definition) is 4. The average Bonchev–Trinajstić information content (AvgIpc) is 2.71. The van der Waals surface area contributed by atoms with Crippen LogP contribution in [-0.4, -0.2) is 32.5 Å². The van der Waals surface area contributed by atoms with Crippen molar-refractivity contribution in [1.29, 1.82) is 0 Å². The third kappa shape index (κ3) is 3.36. The topological polar surface area (TPSA) is 80.8 Å². The van der Waals surface area contributed by atoms with E-state index in [1.165, 1.54) is 6.92 Å². The van der Waals surface area contributed by atoms with Crippen molar-refractivity contribution < 1.29 is 4.39 Å². The van der Waals surface area contributed by atoms with Gasteiger partial charge < -0.3 is 20.9 Å². The molecule has 102 valence electrons. The lowest BCUT2D eigenvalue weighted by molar-refractivity contribution is 0.341. The van der Waals surface area contributed by atoms with Crippen LogP contribution in [0, 0.1) is 0 Å². The first-order valence-electron chi connectivity index (χ1n) is 5.82. The second kappa shape index (κ2) is 5.89. The molecule has 0 aliphatic heterocycles. The van der Waals surface area contributed by atoms with E-state index in [1.807, 2.05) is 4.57 Å². The number of hydrogen-bond donors (Lipinski definition) is 3. The van der Waals surface area contributed by atoms with E-state index in [2.05, 4.69) is 20.6 Å². The molecule has 2 heterocycles. The number of pyridine rings is 1. The molecule has 19 heavy (non-hydrogen) atoms. The molecule has 0 fully saturated rings. The summed E-state index contributed by atoms with van der Waals surface area (Å²) in [6.07, 6.45) is 2.13. The number of nitrogens with one attached hydrogen (secondary N) is 2. The predicted molar refractivity (Wildman–Crippen MR) is 76.5 cm³/mol. The van der Waals surface area contributed by atoms with Crippen molar-refractivity contribution in [2.24, 2.45) is 5.73 Å². The number of anilines is 1. The van der Waals surface area contributed by atoms with Gasteiger partial charge in [-0.3, -0.25) is 0 Å². The van der Waals surface area contributed by atoms with Crippen LogP contribution in [0.25, 0.3) is 11.0 Å². The Kier molecular flexibility index (Phi) is 4.23. The average molecular weight is 282 g/mol. The second-order valence-corrected chi connectivity index (χ2v) is 4.41. The van der Waals surface area contributed by atoms with Crippen LogP contribution < -0.4 is 16.4 Å². The fourth-order valence-corrected chi connectivity index (χ4v) is 1.95. The van der Waals surface area contributed by atoms with Crippen molar-refractivity contribution in [2.45, 2.75) is 19.8 Å². The van der Waals surface area contributed by atoms with Crippen LogP contribution in [0.2, 0.25) is 0 Å². The van der Waals surface area contributed by atoms with Crippen LogP contribution in [-0.2, 0) is 6.54 Å². The maximum Gasteiger partial charge on any atom is 0.174 e. The Morgan fingerprint density at radius 1 is 1.58 bits per heavy atom. The molecular formula is C11H15FN6S. The minimum Gasteiger partial charge on any atom is -0.333 e. The maximum atomic E-state index is 12.7. The Labute approximate surface area is 115 Å². The van der Waals surface area contributed by atoms with Crippen LogP contribution >= 0.6 is 12.2 Å². The third-order valence-electron chi connectivity index (χ3n) is 2.45. The van der Waals surface area contributed by atoms with Gasteiger partial charge in [0.25, 0.3) is 0 Å². The summed E-state index contributed by atoms with van der Waals surface area (Å²) >= 11 is 4.95. The first-order valence-corrected chi connectivity index (χ1v) is 6.23. The summed E-state index contributed by atoms with van der Waals surface area (Å²) in [5.74, 6) is 0.532. The van der Waals surface area contributed by atoms with Crippen LogP contribution in [0.5, 0.6) is 0 Å². The Morgan fingerprint density at radius 3 is 3.05 bits per heavy atom. The number of halogens is 1. The van der Waals surface area contributed by atoms with E-state index in [0.29, 0.717) is 18.9 Å². The molecule has 1 atom stereocenters. The summed E-state index contributed by atoms with van der Waals surface area (Å²) in [5, 5.41) is 5.45. The lowest BCUT2D eigenvalue weighted by atomic mass is 10.4. The van der Waals surface area contributed by atoms with Gasteiger partial charge in [-0.05, 0) is 19.1 Å². The van der Waals surface area contributed by atoms with Gasteiger partial charge in [0.1, 0.15) is 11.3 Å². The highest BCUT2D eigenvalue weighted by Gasteiger charge is 2.06. The van der Waals surface area contributed by atoms with E-state index < -0.39 is 6.30 Å². The maximum absolute atomic E-state index is 12.7. The molecule has 0 spiro atoms. The monoisotopic (exact) mass is 282 g/mol. The third-order valence-corrected chi connectivity index (χ3v) is 2.67. The number of nitrogens with zero attached hydrogens (tertiary/aromatic N) is 3. The molecule has 8 heteroatoms. The molecule has 0 saturated carbocycles. The fraction of sp³-hybridized carbons (Fsp3) is 0.364. The number of rotatable bonds is 4. The Morgan fingerprint density at radius 2 is 2.37 bits per heavy atom. The molecule has 2 aromatic rings. The zero-order chi connectivity index (χ0) is 13.8. The SMILES string of the molecule is CC(F)NC(=S)Nc1cc2c(cn1)ncn2CCN. The van der Waals surface area contributed by atoms with E-state index in [-0.39, 0.29) is 5.11 Å². The Hall–Kier alpha value is -1.80. The first-order chi connectivity index (χ1) is 9.10. The number of thiocarbonyl (C=S) groups is 1. The molecule has 0 aromatic carbocycles. The van der Waals surface area contributed by atoms with Gasteiger partial charge in [0.05, 0.1) is 18.0 Å². The number of fused-ring (bicyclic) bond motifs is 1. The van der Waals surface area contributed by atoms with Crippen LogP contribution in [0.1, 0.15) is 6.92 Å². The highest BCUT2D eigenvalue weighted by molar-refractivity contribution is 7.80. The highest BCUT2D eigenvalue weighted by atomic mass is 32.1. The summed E-state index contributed by atoms with van der Waals surface area (Å²) < 4.78 is 14.7. The van der Waals surface area contributed by atoms with E-state index in [9.17, 15) is 4.39 Å². The highest BCUT2D eigenvalue weighted by Crippen LogP contribution is 2.15. The van der Waals surface area contributed by atoms with E-state index in [0.717, 1.165) is 11.0 Å². The standard InChI is InChI=1S/C11H15FN6S/c1-7(12)16-11(19)17-10-4-9-8(5-14-10)15-6-18(9)3-2-13/h4-7H,2-3,13H2,1H3,(H2,14,16,17,19). The first kappa shape index (κ1) is 13.6. The summed E-state index contributed by atoms with van der Waals surface area (Å²) in [6.45, 7) is 2.56. The zero-order valence-corrected chi connectivity index (χ0v) is 11.2. The van der Waals surface area contributed by atoms with Gasteiger partial charge in [-0.1, -0.05) is 0 Å². The Balaban J connectivity index is 2.20. The molecule has 6 nitrogen and oxygen atoms in total. The van der Waals surface area contributed by atoms with Crippen LogP contribution in [0.4, 0.5) is 10.2 Å².